The van der Waals surface area contributed by atoms with Gasteiger partial charge in [-0.05, 0) is 54.4 Å². The Hall–Kier alpha value is -4.21. The lowest BCUT2D eigenvalue weighted by Crippen LogP contribution is -2.54. The number of nitriles is 1. The molecule has 0 bridgehead atoms. The molecule has 2 heterocycles. The van der Waals surface area contributed by atoms with Crippen LogP contribution < -0.4 is 5.32 Å². The van der Waals surface area contributed by atoms with Gasteiger partial charge in [-0.1, -0.05) is 48.5 Å². The van der Waals surface area contributed by atoms with E-state index in [1.165, 1.54) is 0 Å². The van der Waals surface area contributed by atoms with Crippen molar-refractivity contribution in [3.8, 4) is 17.2 Å². The van der Waals surface area contributed by atoms with Crippen molar-refractivity contribution < 1.29 is 4.79 Å². The highest BCUT2D eigenvalue weighted by atomic mass is 16.2. The Kier molecular flexibility index (Phi) is 6.42. The maximum absolute atomic E-state index is 13.0. The first-order valence-corrected chi connectivity index (χ1v) is 11.8. The second-order valence-corrected chi connectivity index (χ2v) is 8.96. The van der Waals surface area contributed by atoms with E-state index in [1.54, 1.807) is 6.07 Å². The number of nitrogens with one attached hydrogen (secondary N) is 1. The van der Waals surface area contributed by atoms with Crippen LogP contribution in [0.4, 0.5) is 10.5 Å². The van der Waals surface area contributed by atoms with Crippen LogP contribution in [0.3, 0.4) is 0 Å². The molecule has 1 N–H and O–H groups in total. The third-order valence-electron chi connectivity index (χ3n) is 6.51. The summed E-state index contributed by atoms with van der Waals surface area (Å²) in [7, 11) is 0. The number of anilines is 1. The molecule has 6 nitrogen and oxygen atoms in total. The molecular formula is C29H27N5O. The van der Waals surface area contributed by atoms with Crippen LogP contribution in [0, 0.1) is 11.3 Å². The SMILES string of the molecule is CC1CN(C(=O)Nc2cccc(-c3cccc(C#N)c3)c2)CCN1Cc1ccc2ccccc2n1. The first kappa shape index (κ1) is 22.6. The molecule has 4 aromatic rings. The molecule has 1 atom stereocenters. The molecule has 1 unspecified atom stereocenters. The van der Waals surface area contributed by atoms with E-state index in [1.807, 2.05) is 65.6 Å². The number of para-hydroxylation sites is 1. The molecule has 35 heavy (non-hydrogen) atoms. The summed E-state index contributed by atoms with van der Waals surface area (Å²) in [6.45, 7) is 5.04. The van der Waals surface area contributed by atoms with Crippen molar-refractivity contribution >= 4 is 22.6 Å². The topological polar surface area (TPSA) is 72.3 Å². The Bertz CT molecular complexity index is 1410. The lowest BCUT2D eigenvalue weighted by molar-refractivity contribution is 0.0965. The van der Waals surface area contributed by atoms with E-state index >= 15 is 0 Å². The van der Waals surface area contributed by atoms with Gasteiger partial charge in [-0.15, -0.1) is 0 Å². The average molecular weight is 462 g/mol. The smallest absolute Gasteiger partial charge is 0.321 e. The number of aromatic nitrogens is 1. The Morgan fingerprint density at radius 3 is 2.63 bits per heavy atom. The molecule has 1 fully saturated rings. The summed E-state index contributed by atoms with van der Waals surface area (Å²) < 4.78 is 0. The Morgan fingerprint density at radius 1 is 1.00 bits per heavy atom. The van der Waals surface area contributed by atoms with Crippen molar-refractivity contribution in [2.24, 2.45) is 0 Å². The van der Waals surface area contributed by atoms with Crippen molar-refractivity contribution in [3.63, 3.8) is 0 Å². The van der Waals surface area contributed by atoms with E-state index in [2.05, 4.69) is 41.4 Å². The van der Waals surface area contributed by atoms with Gasteiger partial charge in [0.05, 0.1) is 22.8 Å². The molecule has 1 saturated heterocycles. The summed E-state index contributed by atoms with van der Waals surface area (Å²) in [4.78, 5) is 22.1. The number of hydrogen-bond donors (Lipinski definition) is 1. The summed E-state index contributed by atoms with van der Waals surface area (Å²) >= 11 is 0. The summed E-state index contributed by atoms with van der Waals surface area (Å²) in [6.07, 6.45) is 0. The molecule has 1 aliphatic rings. The third kappa shape index (κ3) is 5.16. The van der Waals surface area contributed by atoms with Crippen LogP contribution >= 0.6 is 0 Å². The standard InChI is InChI=1S/C29H27N5O/c1-21-19-34(15-14-33(21)20-27-13-12-23-7-2-3-11-28(23)31-27)29(35)32-26-10-5-9-25(17-26)24-8-4-6-22(16-24)18-30/h2-13,16-17,21H,14-15,19-20H2,1H3,(H,32,35). The second-order valence-electron chi connectivity index (χ2n) is 8.96. The predicted molar refractivity (Wildman–Crippen MR) is 139 cm³/mol. The quantitative estimate of drug-likeness (QED) is 0.435. The molecule has 1 aliphatic heterocycles. The summed E-state index contributed by atoms with van der Waals surface area (Å²) in [5.41, 5.74) is 5.32. The van der Waals surface area contributed by atoms with Crippen molar-refractivity contribution in [1.82, 2.24) is 14.8 Å². The van der Waals surface area contributed by atoms with Crippen molar-refractivity contribution in [3.05, 3.63) is 96.2 Å². The fraction of sp³-hybridized carbons (Fsp3) is 0.207. The number of benzene rings is 3. The van der Waals surface area contributed by atoms with E-state index in [-0.39, 0.29) is 12.1 Å². The zero-order valence-corrected chi connectivity index (χ0v) is 19.7. The van der Waals surface area contributed by atoms with E-state index in [9.17, 15) is 10.1 Å². The van der Waals surface area contributed by atoms with Gasteiger partial charge in [0.15, 0.2) is 0 Å². The first-order chi connectivity index (χ1) is 17.1. The predicted octanol–water partition coefficient (Wildman–Crippen LogP) is 5.51. The molecule has 0 spiro atoms. The van der Waals surface area contributed by atoms with Gasteiger partial charge in [0.2, 0.25) is 0 Å². The largest absolute Gasteiger partial charge is 0.322 e. The number of amides is 2. The van der Waals surface area contributed by atoms with Gasteiger partial charge in [-0.2, -0.15) is 5.26 Å². The number of nitrogens with zero attached hydrogens (tertiary/aromatic N) is 4. The average Bonchev–Trinajstić information content (AvgIpc) is 2.90. The minimum atomic E-state index is -0.0942. The van der Waals surface area contributed by atoms with Crippen LogP contribution in [-0.4, -0.2) is 46.5 Å². The van der Waals surface area contributed by atoms with Gasteiger partial charge in [-0.3, -0.25) is 9.88 Å². The summed E-state index contributed by atoms with van der Waals surface area (Å²) in [5, 5.41) is 13.4. The van der Waals surface area contributed by atoms with Crippen LogP contribution in [0.1, 0.15) is 18.2 Å². The number of hydrogen-bond acceptors (Lipinski definition) is 4. The highest BCUT2D eigenvalue weighted by Crippen LogP contribution is 2.24. The molecule has 6 heteroatoms. The fourth-order valence-corrected chi connectivity index (χ4v) is 4.57. The monoisotopic (exact) mass is 461 g/mol. The van der Waals surface area contributed by atoms with Gasteiger partial charge in [0.1, 0.15) is 0 Å². The van der Waals surface area contributed by atoms with Gasteiger partial charge in [-0.25, -0.2) is 4.79 Å². The van der Waals surface area contributed by atoms with E-state index in [0.29, 0.717) is 18.7 Å². The van der Waals surface area contributed by atoms with E-state index in [4.69, 9.17) is 4.98 Å². The minimum absolute atomic E-state index is 0.0942. The maximum Gasteiger partial charge on any atom is 0.321 e. The Balaban J connectivity index is 1.21. The molecule has 0 saturated carbocycles. The number of carbonyl (C=O) groups excluding carboxylic acids is 1. The van der Waals surface area contributed by atoms with Gasteiger partial charge in [0, 0.05) is 43.3 Å². The molecule has 1 aromatic heterocycles. The molecular weight excluding hydrogens is 434 g/mol. The number of carbonyl (C=O) groups is 1. The van der Waals surface area contributed by atoms with Crippen molar-refractivity contribution in [1.29, 1.82) is 5.26 Å². The lowest BCUT2D eigenvalue weighted by atomic mass is 10.0. The highest BCUT2D eigenvalue weighted by Gasteiger charge is 2.27. The van der Waals surface area contributed by atoms with Gasteiger partial charge in [0.25, 0.3) is 0 Å². The molecule has 5 rings (SSSR count). The van der Waals surface area contributed by atoms with Crippen molar-refractivity contribution in [2.45, 2.75) is 19.5 Å². The minimum Gasteiger partial charge on any atom is -0.322 e. The van der Waals surface area contributed by atoms with Crippen LogP contribution in [0.2, 0.25) is 0 Å². The summed E-state index contributed by atoms with van der Waals surface area (Å²) in [5.74, 6) is 0. The second kappa shape index (κ2) is 9.96. The van der Waals surface area contributed by atoms with Crippen molar-refractivity contribution in [2.75, 3.05) is 25.0 Å². The third-order valence-corrected chi connectivity index (χ3v) is 6.51. The van der Waals surface area contributed by atoms with E-state index in [0.717, 1.165) is 46.5 Å². The summed E-state index contributed by atoms with van der Waals surface area (Å²) in [6, 6.07) is 29.9. The first-order valence-electron chi connectivity index (χ1n) is 11.8. The fourth-order valence-electron chi connectivity index (χ4n) is 4.57. The number of pyridine rings is 1. The Morgan fingerprint density at radius 2 is 1.80 bits per heavy atom. The van der Waals surface area contributed by atoms with Crippen LogP contribution in [-0.2, 0) is 6.54 Å². The molecule has 2 amide bonds. The van der Waals surface area contributed by atoms with Gasteiger partial charge < -0.3 is 10.2 Å². The lowest BCUT2D eigenvalue weighted by Gasteiger charge is -2.39. The van der Waals surface area contributed by atoms with E-state index < -0.39 is 0 Å². The number of rotatable bonds is 4. The van der Waals surface area contributed by atoms with Crippen LogP contribution in [0.15, 0.2) is 84.9 Å². The molecule has 0 radical (unpaired) electrons. The molecule has 3 aromatic carbocycles. The Labute approximate surface area is 205 Å². The number of fused-ring (bicyclic) bond motifs is 1. The zero-order valence-electron chi connectivity index (χ0n) is 19.7. The van der Waals surface area contributed by atoms with Crippen LogP contribution in [0.5, 0.6) is 0 Å². The molecule has 174 valence electrons. The van der Waals surface area contributed by atoms with Gasteiger partial charge >= 0.3 is 6.03 Å². The molecule has 0 aliphatic carbocycles. The normalized spacial score (nSPS) is 16.1. The number of urea groups is 1. The van der Waals surface area contributed by atoms with Crippen LogP contribution in [0.25, 0.3) is 22.0 Å². The highest BCUT2D eigenvalue weighted by molar-refractivity contribution is 5.90. The number of piperazine rings is 1. The maximum atomic E-state index is 13.0. The zero-order chi connectivity index (χ0) is 24.2.